The van der Waals surface area contributed by atoms with Gasteiger partial charge in [-0.25, -0.2) is 4.39 Å². The zero-order valence-corrected chi connectivity index (χ0v) is 14.4. The summed E-state index contributed by atoms with van der Waals surface area (Å²) < 4.78 is 25.3. The van der Waals surface area contributed by atoms with Crippen molar-refractivity contribution in [3.05, 3.63) is 0 Å². The van der Waals surface area contributed by atoms with E-state index in [2.05, 4.69) is 4.74 Å². The predicted molar refractivity (Wildman–Crippen MR) is 82.6 cm³/mol. The molecule has 7 heteroatoms. The van der Waals surface area contributed by atoms with E-state index in [0.717, 1.165) is 0 Å². The smallest absolute Gasteiger partial charge is 0.313 e. The molecule has 1 heterocycles. The SMILES string of the molecule is COC(=O)[C@@H](C)CS[C@H]1C2C(=O)O[C@@H]3CC[C@H](C[C@]1(C)F)[C@]23O. The quantitative estimate of drug-likeness (QED) is 0.782. The van der Waals surface area contributed by atoms with Crippen molar-refractivity contribution >= 4 is 23.7 Å². The summed E-state index contributed by atoms with van der Waals surface area (Å²) in [5, 5.41) is 10.4. The van der Waals surface area contributed by atoms with Crippen LogP contribution in [0.1, 0.15) is 33.1 Å². The first-order valence-electron chi connectivity index (χ1n) is 8.03. The molecule has 3 fully saturated rings. The molecule has 1 unspecified atom stereocenters. The van der Waals surface area contributed by atoms with Gasteiger partial charge in [-0.1, -0.05) is 6.92 Å². The highest BCUT2D eigenvalue weighted by atomic mass is 32.2. The van der Waals surface area contributed by atoms with Gasteiger partial charge in [0.05, 0.1) is 18.3 Å². The number of aliphatic hydroxyl groups is 1. The maximum absolute atomic E-state index is 15.3. The standard InChI is InChI=1S/C16H23FO5S/c1-8(13(18)21-3)7-23-12-11-14(19)22-10-5-4-9(16(10,11)20)6-15(12,2)17/h8-12,20H,4-7H2,1-3H3/t8-,9+,10+,11?,12-,15-,16+/m0/s1. The van der Waals surface area contributed by atoms with Crippen molar-refractivity contribution < 1.29 is 28.6 Å². The average Bonchev–Trinajstić information content (AvgIpc) is 2.92. The van der Waals surface area contributed by atoms with E-state index in [4.69, 9.17) is 4.74 Å². The van der Waals surface area contributed by atoms with Gasteiger partial charge >= 0.3 is 11.9 Å². The lowest BCUT2D eigenvalue weighted by Gasteiger charge is -2.47. The third kappa shape index (κ3) is 2.47. The summed E-state index contributed by atoms with van der Waals surface area (Å²) in [7, 11) is 1.31. The van der Waals surface area contributed by atoms with Gasteiger partial charge < -0.3 is 14.6 Å². The number of carbonyl (C=O) groups excluding carboxylic acids is 2. The van der Waals surface area contributed by atoms with E-state index in [1.165, 1.54) is 25.8 Å². The summed E-state index contributed by atoms with van der Waals surface area (Å²) in [6, 6.07) is 0. The summed E-state index contributed by atoms with van der Waals surface area (Å²) in [6.45, 7) is 3.20. The van der Waals surface area contributed by atoms with Crippen molar-refractivity contribution in [2.24, 2.45) is 17.8 Å². The van der Waals surface area contributed by atoms with Crippen molar-refractivity contribution in [2.75, 3.05) is 12.9 Å². The Kier molecular flexibility index (Phi) is 4.16. The number of halogens is 1. The zero-order valence-electron chi connectivity index (χ0n) is 13.6. The first kappa shape index (κ1) is 17.0. The van der Waals surface area contributed by atoms with Crippen LogP contribution in [0.4, 0.5) is 4.39 Å². The lowest BCUT2D eigenvalue weighted by atomic mass is 9.65. The Morgan fingerprint density at radius 3 is 2.91 bits per heavy atom. The molecule has 130 valence electrons. The number of ether oxygens (including phenoxy) is 2. The second-order valence-electron chi connectivity index (χ2n) is 7.23. The Hall–Kier alpha value is -0.820. The molecule has 0 aromatic heterocycles. The summed E-state index contributed by atoms with van der Waals surface area (Å²) in [6.07, 6.45) is 0.981. The molecule has 0 bridgehead atoms. The van der Waals surface area contributed by atoms with E-state index < -0.39 is 40.4 Å². The van der Waals surface area contributed by atoms with Gasteiger partial charge in [0.15, 0.2) is 0 Å². The van der Waals surface area contributed by atoms with Gasteiger partial charge in [0.2, 0.25) is 0 Å². The largest absolute Gasteiger partial charge is 0.469 e. The first-order chi connectivity index (χ1) is 10.7. The normalized spacial score (nSPS) is 46.2. The average molecular weight is 346 g/mol. The molecule has 1 N–H and O–H groups in total. The van der Waals surface area contributed by atoms with Crippen molar-refractivity contribution in [3.63, 3.8) is 0 Å². The van der Waals surface area contributed by atoms with Gasteiger partial charge in [-0.05, 0) is 32.1 Å². The van der Waals surface area contributed by atoms with Crippen molar-refractivity contribution in [1.29, 1.82) is 0 Å². The molecule has 0 spiro atoms. The molecule has 0 radical (unpaired) electrons. The van der Waals surface area contributed by atoms with E-state index in [1.807, 2.05) is 0 Å². The lowest BCUT2D eigenvalue weighted by molar-refractivity contribution is -0.146. The number of carbonyl (C=O) groups is 2. The molecule has 1 saturated heterocycles. The molecule has 2 aliphatic carbocycles. The van der Waals surface area contributed by atoms with Gasteiger partial charge in [-0.3, -0.25) is 9.59 Å². The van der Waals surface area contributed by atoms with Gasteiger partial charge in [0, 0.05) is 5.75 Å². The van der Waals surface area contributed by atoms with E-state index in [0.29, 0.717) is 18.6 Å². The van der Waals surface area contributed by atoms with Crippen molar-refractivity contribution in [3.8, 4) is 0 Å². The van der Waals surface area contributed by atoms with E-state index in [1.54, 1.807) is 6.92 Å². The maximum Gasteiger partial charge on any atom is 0.313 e. The summed E-state index contributed by atoms with van der Waals surface area (Å²) >= 11 is 1.23. The first-order valence-corrected chi connectivity index (χ1v) is 9.08. The second kappa shape index (κ2) is 5.62. The fourth-order valence-corrected chi connectivity index (χ4v) is 6.05. The fraction of sp³-hybridized carbons (Fsp3) is 0.875. The molecule has 5 nitrogen and oxygen atoms in total. The Morgan fingerprint density at radius 2 is 2.26 bits per heavy atom. The molecular weight excluding hydrogens is 323 g/mol. The molecule has 7 atom stereocenters. The van der Waals surface area contributed by atoms with E-state index >= 15 is 4.39 Å². The molecule has 23 heavy (non-hydrogen) atoms. The fourth-order valence-electron chi connectivity index (χ4n) is 4.45. The van der Waals surface area contributed by atoms with E-state index in [-0.39, 0.29) is 18.3 Å². The summed E-state index contributed by atoms with van der Waals surface area (Å²) in [5.41, 5.74) is -2.84. The number of rotatable bonds is 4. The molecule has 0 aromatic rings. The minimum Gasteiger partial charge on any atom is -0.469 e. The van der Waals surface area contributed by atoms with Crippen LogP contribution in [0.25, 0.3) is 0 Å². The van der Waals surface area contributed by atoms with Crippen LogP contribution in [0, 0.1) is 17.8 Å². The number of alkyl halides is 1. The third-order valence-corrected chi connectivity index (χ3v) is 7.44. The predicted octanol–water partition coefficient (Wildman–Crippen LogP) is 1.71. The van der Waals surface area contributed by atoms with Crippen LogP contribution in [0.5, 0.6) is 0 Å². The van der Waals surface area contributed by atoms with Crippen molar-refractivity contribution in [2.45, 2.75) is 55.7 Å². The monoisotopic (exact) mass is 346 g/mol. The topological polar surface area (TPSA) is 72.8 Å². The van der Waals surface area contributed by atoms with Crippen LogP contribution < -0.4 is 0 Å². The van der Waals surface area contributed by atoms with Crippen LogP contribution >= 0.6 is 11.8 Å². The van der Waals surface area contributed by atoms with Crippen LogP contribution in [0.3, 0.4) is 0 Å². The highest BCUT2D eigenvalue weighted by molar-refractivity contribution is 8.00. The molecule has 3 rings (SSSR count). The number of thioether (sulfide) groups is 1. The zero-order chi connectivity index (χ0) is 17.0. The van der Waals surface area contributed by atoms with Crippen molar-refractivity contribution in [1.82, 2.24) is 0 Å². The summed E-state index contributed by atoms with van der Waals surface area (Å²) in [5.74, 6) is -2.03. The number of methoxy groups -OCH3 is 1. The maximum atomic E-state index is 15.3. The lowest BCUT2D eigenvalue weighted by Crippen LogP contribution is -2.60. The summed E-state index contributed by atoms with van der Waals surface area (Å²) in [4.78, 5) is 23.8. The van der Waals surface area contributed by atoms with Gasteiger partial charge in [-0.15, -0.1) is 0 Å². The van der Waals surface area contributed by atoms with Gasteiger partial charge in [-0.2, -0.15) is 11.8 Å². The Balaban J connectivity index is 1.83. The molecule has 1 aliphatic heterocycles. The molecule has 2 saturated carbocycles. The minimum atomic E-state index is -1.58. The Morgan fingerprint density at radius 1 is 1.57 bits per heavy atom. The van der Waals surface area contributed by atoms with Crippen LogP contribution in [-0.2, 0) is 19.1 Å². The number of hydrogen-bond acceptors (Lipinski definition) is 6. The minimum absolute atomic E-state index is 0.220. The molecular formula is C16H23FO5S. The van der Waals surface area contributed by atoms with Crippen LogP contribution in [0.15, 0.2) is 0 Å². The third-order valence-electron chi connectivity index (χ3n) is 5.63. The number of esters is 2. The molecule has 0 aromatic carbocycles. The van der Waals surface area contributed by atoms with Gasteiger partial charge in [0.1, 0.15) is 23.3 Å². The number of hydrogen-bond donors (Lipinski definition) is 1. The highest BCUT2D eigenvalue weighted by Crippen LogP contribution is 2.60. The highest BCUT2D eigenvalue weighted by Gasteiger charge is 2.71. The van der Waals surface area contributed by atoms with Crippen LogP contribution in [0.2, 0.25) is 0 Å². The second-order valence-corrected chi connectivity index (χ2v) is 8.40. The Bertz CT molecular complexity index is 525. The van der Waals surface area contributed by atoms with Crippen LogP contribution in [-0.4, -0.2) is 52.5 Å². The van der Waals surface area contributed by atoms with Gasteiger partial charge in [0.25, 0.3) is 0 Å². The molecule has 0 amide bonds. The molecule has 3 aliphatic rings. The Labute approximate surface area is 139 Å². The van der Waals surface area contributed by atoms with E-state index in [9.17, 15) is 14.7 Å².